The average Bonchev–Trinajstić information content (AvgIpc) is 2.61. The van der Waals surface area contributed by atoms with Gasteiger partial charge in [-0.25, -0.2) is 0 Å². The summed E-state index contributed by atoms with van der Waals surface area (Å²) in [5.74, 6) is 0. The van der Waals surface area contributed by atoms with E-state index in [0.717, 1.165) is 55.5 Å². The summed E-state index contributed by atoms with van der Waals surface area (Å²) < 4.78 is 0. The third-order valence-electron chi connectivity index (χ3n) is 4.73. The smallest absolute Gasteiger partial charge is 0.0727 e. The molecule has 0 bridgehead atoms. The van der Waals surface area contributed by atoms with Crippen LogP contribution in [0.4, 0.5) is 0 Å². The normalized spacial score (nSPS) is 19.2. The van der Waals surface area contributed by atoms with Crippen molar-refractivity contribution in [1.29, 1.82) is 0 Å². The molecule has 1 aliphatic rings. The molecule has 0 saturated carbocycles. The van der Waals surface area contributed by atoms with E-state index in [-0.39, 0.29) is 0 Å². The van der Waals surface area contributed by atoms with Crippen LogP contribution in [0.1, 0.15) is 42.5 Å². The molecule has 1 saturated heterocycles. The van der Waals surface area contributed by atoms with Gasteiger partial charge >= 0.3 is 0 Å². The molecule has 25 heavy (non-hydrogen) atoms. The quantitative estimate of drug-likeness (QED) is 0.805. The Bertz CT molecular complexity index is 655. The Morgan fingerprint density at radius 2 is 1.52 bits per heavy atom. The monoisotopic (exact) mass is 340 g/mol. The summed E-state index contributed by atoms with van der Waals surface area (Å²) in [5.41, 5.74) is 4.05. The summed E-state index contributed by atoms with van der Waals surface area (Å²) in [5, 5.41) is 0. The van der Waals surface area contributed by atoms with Crippen LogP contribution in [-0.4, -0.2) is 55.4 Å². The first-order chi connectivity index (χ1) is 12.1. The summed E-state index contributed by atoms with van der Waals surface area (Å²) in [7, 11) is 0. The molecule has 0 aromatic carbocycles. The number of piperazine rings is 1. The van der Waals surface area contributed by atoms with Crippen molar-refractivity contribution in [3.63, 3.8) is 0 Å². The Labute approximate surface area is 150 Å². The summed E-state index contributed by atoms with van der Waals surface area (Å²) in [6, 6.07) is 0.556. The van der Waals surface area contributed by atoms with Crippen LogP contribution in [0.5, 0.6) is 0 Å². The maximum Gasteiger partial charge on any atom is 0.0727 e. The minimum absolute atomic E-state index is 0.556. The van der Waals surface area contributed by atoms with E-state index in [4.69, 9.17) is 0 Å². The third-order valence-corrected chi connectivity index (χ3v) is 4.73. The molecule has 1 fully saturated rings. The van der Waals surface area contributed by atoms with Crippen LogP contribution in [-0.2, 0) is 13.1 Å². The molecule has 6 nitrogen and oxygen atoms in total. The van der Waals surface area contributed by atoms with Gasteiger partial charge in [-0.2, -0.15) is 0 Å². The van der Waals surface area contributed by atoms with Crippen molar-refractivity contribution in [2.24, 2.45) is 0 Å². The van der Waals surface area contributed by atoms with Gasteiger partial charge in [-0.3, -0.25) is 29.7 Å². The summed E-state index contributed by atoms with van der Waals surface area (Å²) >= 11 is 0. The predicted octanol–water partition coefficient (Wildman–Crippen LogP) is 2.37. The highest BCUT2D eigenvalue weighted by Gasteiger charge is 2.27. The molecular formula is C19H28N6. The number of nitrogens with zero attached hydrogens (tertiary/aromatic N) is 6. The molecule has 1 aliphatic heterocycles. The van der Waals surface area contributed by atoms with Gasteiger partial charge < -0.3 is 0 Å². The first-order valence-electron chi connectivity index (χ1n) is 9.15. The van der Waals surface area contributed by atoms with Crippen LogP contribution >= 0.6 is 0 Å². The SMILES string of the molecule is CCC[C@@H]1CN(Cc2cnc(C)cn2)CCN1Cc1cnc(C)cn1. The van der Waals surface area contributed by atoms with Gasteiger partial charge in [-0.05, 0) is 20.3 Å². The molecule has 2 aromatic rings. The molecule has 0 radical (unpaired) electrons. The Balaban J connectivity index is 1.61. The van der Waals surface area contributed by atoms with Gasteiger partial charge in [0.25, 0.3) is 0 Å². The van der Waals surface area contributed by atoms with Crippen molar-refractivity contribution in [2.45, 2.75) is 52.7 Å². The van der Waals surface area contributed by atoms with Crippen molar-refractivity contribution in [3.8, 4) is 0 Å². The van der Waals surface area contributed by atoms with Crippen LogP contribution in [0.15, 0.2) is 24.8 Å². The fourth-order valence-electron chi connectivity index (χ4n) is 3.36. The van der Waals surface area contributed by atoms with E-state index in [1.165, 1.54) is 12.8 Å². The maximum atomic E-state index is 4.53. The van der Waals surface area contributed by atoms with E-state index in [9.17, 15) is 0 Å². The first kappa shape index (κ1) is 17.9. The van der Waals surface area contributed by atoms with E-state index >= 15 is 0 Å². The van der Waals surface area contributed by atoms with Crippen molar-refractivity contribution in [1.82, 2.24) is 29.7 Å². The lowest BCUT2D eigenvalue weighted by atomic mass is 10.1. The summed E-state index contributed by atoms with van der Waals surface area (Å²) in [6.45, 7) is 11.2. The molecule has 2 aromatic heterocycles. The molecule has 134 valence electrons. The minimum atomic E-state index is 0.556. The van der Waals surface area contributed by atoms with Gasteiger partial charge in [0.05, 0.1) is 22.8 Å². The second kappa shape index (κ2) is 8.45. The van der Waals surface area contributed by atoms with Crippen LogP contribution in [0.3, 0.4) is 0 Å². The lowest BCUT2D eigenvalue weighted by Gasteiger charge is -2.41. The van der Waals surface area contributed by atoms with Gasteiger partial charge in [-0.15, -0.1) is 0 Å². The molecule has 3 heterocycles. The second-order valence-corrected chi connectivity index (χ2v) is 6.95. The van der Waals surface area contributed by atoms with Crippen molar-refractivity contribution < 1.29 is 0 Å². The van der Waals surface area contributed by atoms with Gasteiger partial charge in [0.1, 0.15) is 0 Å². The Hall–Kier alpha value is -1.92. The molecule has 1 atom stereocenters. The van der Waals surface area contributed by atoms with Crippen LogP contribution < -0.4 is 0 Å². The number of aryl methyl sites for hydroxylation is 2. The third kappa shape index (κ3) is 5.03. The summed E-state index contributed by atoms with van der Waals surface area (Å²) in [4.78, 5) is 22.8. The molecule has 0 N–H and O–H groups in total. The topological polar surface area (TPSA) is 58.0 Å². The van der Waals surface area contributed by atoms with Crippen LogP contribution in [0, 0.1) is 13.8 Å². The molecule has 0 aliphatic carbocycles. The van der Waals surface area contributed by atoms with Crippen molar-refractivity contribution in [2.75, 3.05) is 19.6 Å². The molecule has 3 rings (SSSR count). The van der Waals surface area contributed by atoms with Crippen LogP contribution in [0.2, 0.25) is 0 Å². The van der Waals surface area contributed by atoms with E-state index in [1.807, 2.05) is 38.6 Å². The largest absolute Gasteiger partial charge is 0.295 e. The fraction of sp³-hybridized carbons (Fsp3) is 0.579. The fourth-order valence-corrected chi connectivity index (χ4v) is 3.36. The first-order valence-corrected chi connectivity index (χ1v) is 9.15. The lowest BCUT2D eigenvalue weighted by molar-refractivity contribution is 0.0575. The number of aromatic nitrogens is 4. The average molecular weight is 340 g/mol. The lowest BCUT2D eigenvalue weighted by Crippen LogP contribution is -2.52. The number of hydrogen-bond acceptors (Lipinski definition) is 6. The standard InChI is InChI=1S/C19H28N6/c1-4-5-19-14-24(12-17-10-20-15(2)8-22-17)6-7-25(19)13-18-11-21-16(3)9-23-18/h8-11,19H,4-7,12-14H2,1-3H3/t19-/m1/s1. The predicted molar refractivity (Wildman–Crippen MR) is 97.9 cm³/mol. The molecule has 0 unspecified atom stereocenters. The van der Waals surface area contributed by atoms with Gasteiger partial charge in [0.2, 0.25) is 0 Å². The Morgan fingerprint density at radius 3 is 2.08 bits per heavy atom. The summed E-state index contributed by atoms with van der Waals surface area (Å²) in [6.07, 6.45) is 9.92. The van der Waals surface area contributed by atoms with E-state index in [0.29, 0.717) is 6.04 Å². The van der Waals surface area contributed by atoms with E-state index in [2.05, 4.69) is 36.7 Å². The Kier molecular flexibility index (Phi) is 6.04. The maximum absolute atomic E-state index is 4.53. The highest BCUT2D eigenvalue weighted by atomic mass is 15.3. The molecule has 0 spiro atoms. The van der Waals surface area contributed by atoms with E-state index in [1.54, 1.807) is 0 Å². The highest BCUT2D eigenvalue weighted by Crippen LogP contribution is 2.18. The molecular weight excluding hydrogens is 312 g/mol. The highest BCUT2D eigenvalue weighted by molar-refractivity contribution is 5.03. The number of rotatable bonds is 6. The molecule has 0 amide bonds. The zero-order valence-electron chi connectivity index (χ0n) is 15.5. The van der Waals surface area contributed by atoms with Crippen LogP contribution in [0.25, 0.3) is 0 Å². The number of hydrogen-bond donors (Lipinski definition) is 0. The minimum Gasteiger partial charge on any atom is -0.295 e. The molecule has 6 heteroatoms. The van der Waals surface area contributed by atoms with Gasteiger partial charge in [0.15, 0.2) is 0 Å². The van der Waals surface area contributed by atoms with Gasteiger partial charge in [-0.1, -0.05) is 13.3 Å². The van der Waals surface area contributed by atoms with Gasteiger partial charge in [0, 0.05) is 63.6 Å². The van der Waals surface area contributed by atoms with E-state index < -0.39 is 0 Å². The second-order valence-electron chi connectivity index (χ2n) is 6.95. The zero-order valence-corrected chi connectivity index (χ0v) is 15.5. The Morgan fingerprint density at radius 1 is 0.880 bits per heavy atom. The van der Waals surface area contributed by atoms with Crippen molar-refractivity contribution >= 4 is 0 Å². The zero-order chi connectivity index (χ0) is 17.6. The van der Waals surface area contributed by atoms with Crippen molar-refractivity contribution in [3.05, 3.63) is 47.6 Å².